The molecule has 7 rings (SSSR count). The Bertz CT molecular complexity index is 2150. The van der Waals surface area contributed by atoms with Crippen LogP contribution in [0.1, 0.15) is 114 Å². The molecule has 3 fully saturated rings. The van der Waals surface area contributed by atoms with Gasteiger partial charge in [0.25, 0.3) is 11.8 Å². The first-order valence-corrected chi connectivity index (χ1v) is 23.6. The lowest BCUT2D eigenvalue weighted by Crippen LogP contribution is -2.47. The van der Waals surface area contributed by atoms with Crippen molar-refractivity contribution in [2.75, 3.05) is 63.8 Å². The Morgan fingerprint density at radius 3 is 2.23 bits per heavy atom. The summed E-state index contributed by atoms with van der Waals surface area (Å²) in [5, 5.41) is 5.68. The summed E-state index contributed by atoms with van der Waals surface area (Å²) in [6.07, 6.45) is 10.6. The first-order chi connectivity index (χ1) is 28.9. The zero-order chi connectivity index (χ0) is 42.4. The van der Waals surface area contributed by atoms with E-state index in [1.807, 2.05) is 13.0 Å². The Hall–Kier alpha value is -4.79. The lowest BCUT2D eigenvalue weighted by atomic mass is 9.88. The van der Waals surface area contributed by atoms with Crippen molar-refractivity contribution >= 4 is 39.2 Å². The molecule has 0 bridgehead atoms. The van der Waals surface area contributed by atoms with Crippen LogP contribution in [-0.4, -0.2) is 117 Å². The van der Waals surface area contributed by atoms with Gasteiger partial charge < -0.3 is 24.6 Å². The van der Waals surface area contributed by atoms with E-state index >= 15 is 0 Å². The monoisotopic (exact) mass is 841 g/mol. The van der Waals surface area contributed by atoms with Gasteiger partial charge in [-0.3, -0.25) is 29.4 Å². The molecule has 60 heavy (non-hydrogen) atoms. The predicted molar refractivity (Wildman–Crippen MR) is 230 cm³/mol. The number of amides is 4. The zero-order valence-electron chi connectivity index (χ0n) is 35.1. The van der Waals surface area contributed by atoms with Gasteiger partial charge in [-0.25, -0.2) is 8.42 Å². The second-order valence-electron chi connectivity index (χ2n) is 16.8. The Labute approximate surface area is 354 Å². The van der Waals surface area contributed by atoms with Gasteiger partial charge in [-0.15, -0.1) is 0 Å². The van der Waals surface area contributed by atoms with E-state index in [2.05, 4.69) is 44.7 Å². The molecule has 4 heterocycles. The first-order valence-electron chi connectivity index (χ1n) is 21.6. The Morgan fingerprint density at radius 2 is 1.55 bits per heavy atom. The number of nitrogens with one attached hydrogen (secondary N) is 2. The maximum absolute atomic E-state index is 13.8. The SMILES string of the molecule is CCOc1cc([C@@H](CS(C)(=O)=O)N2C(=O)c3ccc(CCCCCN4CCC(N5CCC(c6ccc(NC7CCC(=O)NC7=O)cc6)CC5)CC4)cc3C2=O)ccc1OC. The van der Waals surface area contributed by atoms with Crippen LogP contribution >= 0.6 is 0 Å². The third-order valence-electron chi connectivity index (χ3n) is 12.6. The van der Waals surface area contributed by atoms with Crippen molar-refractivity contribution in [2.45, 2.75) is 95.2 Å². The number of piperidine rings is 3. The highest BCUT2D eigenvalue weighted by atomic mass is 32.2. The second-order valence-corrected chi connectivity index (χ2v) is 19.0. The van der Waals surface area contributed by atoms with E-state index in [1.54, 1.807) is 30.3 Å². The number of likely N-dealkylation sites (tertiary alicyclic amines) is 2. The smallest absolute Gasteiger partial charge is 0.262 e. The van der Waals surface area contributed by atoms with Crippen molar-refractivity contribution in [2.24, 2.45) is 0 Å². The summed E-state index contributed by atoms with van der Waals surface area (Å²) in [4.78, 5) is 57.5. The van der Waals surface area contributed by atoms with Crippen LogP contribution in [0.15, 0.2) is 60.7 Å². The third kappa shape index (κ3) is 10.4. The molecule has 4 aliphatic rings. The van der Waals surface area contributed by atoms with Gasteiger partial charge in [0.1, 0.15) is 15.9 Å². The van der Waals surface area contributed by atoms with E-state index in [1.165, 1.54) is 25.5 Å². The topological polar surface area (TPSA) is 155 Å². The molecule has 0 aliphatic carbocycles. The molecule has 4 aliphatic heterocycles. The number of unbranched alkanes of at least 4 members (excludes halogenated alkanes) is 2. The number of aryl methyl sites for hydroxylation is 1. The number of methoxy groups -OCH3 is 1. The zero-order valence-corrected chi connectivity index (χ0v) is 35.9. The fourth-order valence-corrected chi connectivity index (χ4v) is 10.3. The molecule has 14 heteroatoms. The van der Waals surface area contributed by atoms with E-state index in [4.69, 9.17) is 9.47 Å². The summed E-state index contributed by atoms with van der Waals surface area (Å²) in [6, 6.07) is 18.1. The Balaban J connectivity index is 0.830. The van der Waals surface area contributed by atoms with Crippen LogP contribution < -0.4 is 20.1 Å². The molecule has 0 spiro atoms. The van der Waals surface area contributed by atoms with Crippen molar-refractivity contribution in [3.63, 3.8) is 0 Å². The van der Waals surface area contributed by atoms with Crippen LogP contribution in [0.4, 0.5) is 5.69 Å². The summed E-state index contributed by atoms with van der Waals surface area (Å²) >= 11 is 0. The molecule has 322 valence electrons. The van der Waals surface area contributed by atoms with Gasteiger partial charge in [0.15, 0.2) is 11.5 Å². The fraction of sp³-hybridized carbons (Fsp3) is 0.522. The van der Waals surface area contributed by atoms with E-state index in [-0.39, 0.29) is 17.9 Å². The van der Waals surface area contributed by atoms with E-state index < -0.39 is 33.4 Å². The number of fused-ring (bicyclic) bond motifs is 1. The van der Waals surface area contributed by atoms with Gasteiger partial charge in [-0.2, -0.15) is 0 Å². The number of rotatable bonds is 17. The minimum Gasteiger partial charge on any atom is -0.493 e. The second kappa shape index (κ2) is 19.3. The van der Waals surface area contributed by atoms with Crippen molar-refractivity contribution in [3.05, 3.63) is 88.5 Å². The largest absolute Gasteiger partial charge is 0.493 e. The minimum absolute atomic E-state index is 0.204. The molecular weight excluding hydrogens is 783 g/mol. The summed E-state index contributed by atoms with van der Waals surface area (Å²) in [5.41, 5.74) is 4.33. The molecule has 3 aromatic rings. The van der Waals surface area contributed by atoms with Crippen molar-refractivity contribution < 1.29 is 37.1 Å². The van der Waals surface area contributed by atoms with E-state index in [0.29, 0.717) is 59.6 Å². The lowest BCUT2D eigenvalue weighted by Gasteiger charge is -2.42. The number of imide groups is 2. The van der Waals surface area contributed by atoms with Gasteiger partial charge in [-0.1, -0.05) is 30.7 Å². The van der Waals surface area contributed by atoms with Crippen LogP contribution in [0.25, 0.3) is 0 Å². The number of ether oxygens (including phenoxy) is 2. The van der Waals surface area contributed by atoms with Gasteiger partial charge in [0.2, 0.25) is 11.8 Å². The number of sulfone groups is 1. The molecular formula is C46H59N5O8S. The number of hydrogen-bond donors (Lipinski definition) is 2. The number of nitrogens with zero attached hydrogens (tertiary/aromatic N) is 3. The molecule has 0 radical (unpaired) electrons. The average Bonchev–Trinajstić information content (AvgIpc) is 3.49. The van der Waals surface area contributed by atoms with Crippen LogP contribution in [0.5, 0.6) is 11.5 Å². The number of hydrogen-bond acceptors (Lipinski definition) is 11. The maximum atomic E-state index is 13.8. The van der Waals surface area contributed by atoms with Crippen LogP contribution in [-0.2, 0) is 25.8 Å². The molecule has 0 saturated carbocycles. The number of benzene rings is 3. The molecule has 0 aromatic heterocycles. The van der Waals surface area contributed by atoms with E-state index in [0.717, 1.165) is 93.7 Å². The highest BCUT2D eigenvalue weighted by Gasteiger charge is 2.42. The molecule has 1 unspecified atom stereocenters. The fourth-order valence-electron chi connectivity index (χ4n) is 9.35. The quantitative estimate of drug-likeness (QED) is 0.126. The highest BCUT2D eigenvalue weighted by Crippen LogP contribution is 2.37. The number of carbonyl (C=O) groups is 4. The normalized spacial score (nSPS) is 20.2. The summed E-state index contributed by atoms with van der Waals surface area (Å²) in [6.45, 7) is 7.74. The molecule has 3 saturated heterocycles. The highest BCUT2D eigenvalue weighted by molar-refractivity contribution is 7.90. The average molecular weight is 842 g/mol. The predicted octanol–water partition coefficient (Wildman–Crippen LogP) is 5.75. The Morgan fingerprint density at radius 1 is 0.817 bits per heavy atom. The molecule has 2 N–H and O–H groups in total. The van der Waals surface area contributed by atoms with Crippen molar-refractivity contribution in [3.8, 4) is 11.5 Å². The minimum atomic E-state index is -3.58. The summed E-state index contributed by atoms with van der Waals surface area (Å²) in [7, 11) is -2.07. The summed E-state index contributed by atoms with van der Waals surface area (Å²) in [5.74, 6) is -0.421. The first kappa shape index (κ1) is 43.3. The third-order valence-corrected chi connectivity index (χ3v) is 13.6. The Kier molecular flexibility index (Phi) is 13.9. The van der Waals surface area contributed by atoms with Crippen molar-refractivity contribution in [1.29, 1.82) is 0 Å². The van der Waals surface area contributed by atoms with Gasteiger partial charge in [0, 0.05) is 24.4 Å². The lowest BCUT2D eigenvalue weighted by molar-refractivity contribution is -0.133. The van der Waals surface area contributed by atoms with E-state index in [9.17, 15) is 27.6 Å². The summed E-state index contributed by atoms with van der Waals surface area (Å²) < 4.78 is 36.3. The molecule has 3 aromatic carbocycles. The van der Waals surface area contributed by atoms with Crippen LogP contribution in [0.3, 0.4) is 0 Å². The standard InChI is InChI=1S/C46H59N5O8S/c1-4-59-42-29-34(12-17-41(42)58-2)40(30-60(3,56)57)51-45(54)37-15-9-31(28-38(37)46(51)55)8-6-5-7-23-49-24-21-36(22-25-49)50-26-19-33(20-27-50)32-10-13-35(14-11-32)47-39-16-18-43(52)48-44(39)53/h9-15,17,28-29,33,36,39-40,47H,4-8,16,18-27,30H2,1-3H3,(H,48,52,53)/t39?,40-/m1/s1. The van der Waals surface area contributed by atoms with Gasteiger partial charge in [0.05, 0.1) is 36.6 Å². The van der Waals surface area contributed by atoms with Crippen molar-refractivity contribution in [1.82, 2.24) is 20.0 Å². The number of anilines is 1. The molecule has 2 atom stereocenters. The van der Waals surface area contributed by atoms with Crippen LogP contribution in [0, 0.1) is 0 Å². The molecule has 13 nitrogen and oxygen atoms in total. The molecule has 4 amide bonds. The van der Waals surface area contributed by atoms with Gasteiger partial charge in [-0.05, 0) is 150 Å². The number of carbonyl (C=O) groups excluding carboxylic acids is 4. The maximum Gasteiger partial charge on any atom is 0.262 e. The van der Waals surface area contributed by atoms with Crippen LogP contribution in [0.2, 0.25) is 0 Å². The van der Waals surface area contributed by atoms with Gasteiger partial charge >= 0.3 is 0 Å².